The Morgan fingerprint density at radius 2 is 2.33 bits per heavy atom. The number of aromatic carboxylic acids is 1. The maximum Gasteiger partial charge on any atom is 0.357 e. The van der Waals surface area contributed by atoms with Gasteiger partial charge < -0.3 is 10.4 Å². The molecular weight excluding hydrogens is 312 g/mol. The fraction of sp³-hybridized carbons (Fsp3) is 0.154. The van der Waals surface area contributed by atoms with Gasteiger partial charge in [0.15, 0.2) is 10.2 Å². The van der Waals surface area contributed by atoms with E-state index in [-0.39, 0.29) is 5.69 Å². The number of benzene rings is 1. The number of nitrogens with one attached hydrogen (secondary N) is 1. The molecule has 21 heavy (non-hydrogen) atoms. The molecule has 8 heteroatoms. The first-order valence-corrected chi connectivity index (χ1v) is 7.28. The molecule has 1 aromatic carbocycles. The third-order valence-corrected chi connectivity index (χ3v) is 4.16. The third-order valence-electron chi connectivity index (χ3n) is 3.04. The van der Waals surface area contributed by atoms with Gasteiger partial charge >= 0.3 is 5.97 Å². The molecule has 2 aromatic heterocycles. The van der Waals surface area contributed by atoms with Crippen molar-refractivity contribution in [2.45, 2.75) is 6.54 Å². The molecule has 0 aliphatic heterocycles. The van der Waals surface area contributed by atoms with Crippen LogP contribution in [0.15, 0.2) is 24.4 Å². The second-order valence-electron chi connectivity index (χ2n) is 4.44. The zero-order chi connectivity index (χ0) is 15.0. The van der Waals surface area contributed by atoms with E-state index in [2.05, 4.69) is 15.4 Å². The van der Waals surface area contributed by atoms with Gasteiger partial charge in [-0.15, -0.1) is 11.3 Å². The molecule has 3 rings (SSSR count). The highest BCUT2D eigenvalue weighted by Crippen LogP contribution is 2.24. The molecule has 108 valence electrons. The summed E-state index contributed by atoms with van der Waals surface area (Å²) in [5.74, 6) is -1.04. The van der Waals surface area contributed by atoms with E-state index in [0.29, 0.717) is 16.4 Å². The summed E-state index contributed by atoms with van der Waals surface area (Å²) in [6.07, 6.45) is 1.71. The zero-order valence-electron chi connectivity index (χ0n) is 11.0. The number of anilines is 1. The Morgan fingerprint density at radius 3 is 3.00 bits per heavy atom. The predicted molar refractivity (Wildman–Crippen MR) is 82.1 cm³/mol. The monoisotopic (exact) mass is 322 g/mol. The van der Waals surface area contributed by atoms with Crippen LogP contribution in [0.25, 0.3) is 10.9 Å². The van der Waals surface area contributed by atoms with Crippen LogP contribution < -0.4 is 5.32 Å². The summed E-state index contributed by atoms with van der Waals surface area (Å²) >= 11 is 7.19. The van der Waals surface area contributed by atoms with Crippen LogP contribution in [0.3, 0.4) is 0 Å². The Morgan fingerprint density at radius 1 is 1.52 bits per heavy atom. The molecule has 3 aromatic rings. The highest BCUT2D eigenvalue weighted by Gasteiger charge is 2.15. The molecule has 0 bridgehead atoms. The normalized spacial score (nSPS) is 11.0. The third kappa shape index (κ3) is 2.70. The molecule has 6 nitrogen and oxygen atoms in total. The predicted octanol–water partition coefficient (Wildman–Crippen LogP) is 2.99. The largest absolute Gasteiger partial charge is 0.476 e. The molecular formula is C13H11ClN4O2S. The summed E-state index contributed by atoms with van der Waals surface area (Å²) in [5, 5.41) is 17.0. The number of hydrogen-bond acceptors (Lipinski definition) is 5. The molecule has 0 saturated carbocycles. The van der Waals surface area contributed by atoms with Gasteiger partial charge in [-0.2, -0.15) is 5.10 Å². The summed E-state index contributed by atoms with van der Waals surface area (Å²) in [6, 6.07) is 5.52. The zero-order valence-corrected chi connectivity index (χ0v) is 12.6. The van der Waals surface area contributed by atoms with Crippen molar-refractivity contribution >= 4 is 45.5 Å². The van der Waals surface area contributed by atoms with Crippen molar-refractivity contribution in [3.63, 3.8) is 0 Å². The minimum Gasteiger partial charge on any atom is -0.476 e. The van der Waals surface area contributed by atoms with Crippen LogP contribution in [-0.4, -0.2) is 25.8 Å². The Labute approximate surface area is 129 Å². The molecule has 0 saturated heterocycles. The van der Waals surface area contributed by atoms with Crippen molar-refractivity contribution in [1.82, 2.24) is 14.8 Å². The number of aryl methyl sites for hydroxylation is 1. The van der Waals surface area contributed by atoms with Crippen molar-refractivity contribution in [3.8, 4) is 0 Å². The van der Waals surface area contributed by atoms with Gasteiger partial charge in [0.2, 0.25) is 0 Å². The lowest BCUT2D eigenvalue weighted by molar-refractivity contribution is 0.0691. The second-order valence-corrected chi connectivity index (χ2v) is 6.14. The first kappa shape index (κ1) is 13.8. The molecule has 0 aliphatic rings. The van der Waals surface area contributed by atoms with Gasteiger partial charge in [0, 0.05) is 29.2 Å². The lowest BCUT2D eigenvalue weighted by Crippen LogP contribution is -1.99. The number of nitrogens with zero attached hydrogens (tertiary/aromatic N) is 3. The van der Waals surface area contributed by atoms with E-state index in [9.17, 15) is 9.90 Å². The number of carbonyl (C=O) groups is 1. The minimum absolute atomic E-state index is 0.0528. The smallest absolute Gasteiger partial charge is 0.357 e. The number of thiazole rings is 1. The van der Waals surface area contributed by atoms with E-state index in [4.69, 9.17) is 11.6 Å². The topological polar surface area (TPSA) is 80.0 Å². The summed E-state index contributed by atoms with van der Waals surface area (Å²) in [7, 11) is 1.72. The van der Waals surface area contributed by atoms with Crippen LogP contribution >= 0.6 is 22.9 Å². The quantitative estimate of drug-likeness (QED) is 0.772. The van der Waals surface area contributed by atoms with Crippen LogP contribution in [0.5, 0.6) is 0 Å². The summed E-state index contributed by atoms with van der Waals surface area (Å²) in [6.45, 7) is 0.582. The molecule has 0 spiro atoms. The lowest BCUT2D eigenvalue weighted by Gasteiger charge is -2.05. The molecule has 0 amide bonds. The number of aromatic nitrogens is 3. The van der Waals surface area contributed by atoms with Gasteiger partial charge in [-0.3, -0.25) is 4.68 Å². The van der Waals surface area contributed by atoms with Crippen LogP contribution in [0.1, 0.15) is 15.4 Å². The molecule has 2 heterocycles. The van der Waals surface area contributed by atoms with E-state index < -0.39 is 5.97 Å². The van der Waals surface area contributed by atoms with Gasteiger partial charge in [0.25, 0.3) is 0 Å². The SMILES string of the molecule is Cn1nc(C(=O)O)c2cc(NCc3cnc(Cl)s3)ccc21. The van der Waals surface area contributed by atoms with Crippen LogP contribution in [0, 0.1) is 0 Å². The average molecular weight is 323 g/mol. The number of rotatable bonds is 4. The van der Waals surface area contributed by atoms with Crippen LogP contribution in [0.4, 0.5) is 5.69 Å². The van der Waals surface area contributed by atoms with Gasteiger partial charge in [-0.25, -0.2) is 9.78 Å². The second kappa shape index (κ2) is 5.34. The van der Waals surface area contributed by atoms with Crippen molar-refractivity contribution in [1.29, 1.82) is 0 Å². The molecule has 0 fully saturated rings. The maximum atomic E-state index is 11.2. The molecule has 2 N–H and O–H groups in total. The van der Waals surface area contributed by atoms with E-state index in [1.165, 1.54) is 11.3 Å². The molecule has 0 unspecified atom stereocenters. The first-order chi connectivity index (χ1) is 10.0. The van der Waals surface area contributed by atoms with Gasteiger partial charge in [0.05, 0.1) is 12.1 Å². The highest BCUT2D eigenvalue weighted by molar-refractivity contribution is 7.15. The number of fused-ring (bicyclic) bond motifs is 1. The standard InChI is InChI=1S/C13H11ClN4O2S/c1-18-10-3-2-7(4-9(10)11(17-18)12(19)20)15-5-8-6-16-13(14)21-8/h2-4,6,15H,5H2,1H3,(H,19,20). The van der Waals surface area contributed by atoms with Crippen molar-refractivity contribution in [2.75, 3.05) is 5.32 Å². The number of carboxylic acids is 1. The number of hydrogen-bond donors (Lipinski definition) is 2. The van der Waals surface area contributed by atoms with Crippen molar-refractivity contribution in [3.05, 3.63) is 39.4 Å². The lowest BCUT2D eigenvalue weighted by atomic mass is 10.2. The molecule has 0 aliphatic carbocycles. The fourth-order valence-electron chi connectivity index (χ4n) is 2.09. The highest BCUT2D eigenvalue weighted by atomic mass is 35.5. The average Bonchev–Trinajstić information content (AvgIpc) is 3.01. The molecule has 0 radical (unpaired) electrons. The van der Waals surface area contributed by atoms with E-state index >= 15 is 0 Å². The van der Waals surface area contributed by atoms with Gasteiger partial charge in [0.1, 0.15) is 0 Å². The Bertz CT molecular complexity index is 827. The van der Waals surface area contributed by atoms with Crippen LogP contribution in [-0.2, 0) is 13.6 Å². The summed E-state index contributed by atoms with van der Waals surface area (Å²) < 4.78 is 2.06. The number of halogens is 1. The Hall–Kier alpha value is -2.12. The first-order valence-electron chi connectivity index (χ1n) is 6.09. The summed E-state index contributed by atoms with van der Waals surface area (Å²) in [4.78, 5) is 16.2. The maximum absolute atomic E-state index is 11.2. The van der Waals surface area contributed by atoms with Crippen LogP contribution in [0.2, 0.25) is 4.47 Å². The molecule has 0 atom stereocenters. The summed E-state index contributed by atoms with van der Waals surface area (Å²) in [5.41, 5.74) is 1.65. The van der Waals surface area contributed by atoms with E-state index in [1.54, 1.807) is 24.0 Å². The minimum atomic E-state index is -1.04. The fourth-order valence-corrected chi connectivity index (χ4v) is 3.01. The Balaban J connectivity index is 1.89. The van der Waals surface area contributed by atoms with E-state index in [0.717, 1.165) is 16.1 Å². The van der Waals surface area contributed by atoms with Crippen molar-refractivity contribution < 1.29 is 9.90 Å². The van der Waals surface area contributed by atoms with Gasteiger partial charge in [-0.05, 0) is 18.2 Å². The van der Waals surface area contributed by atoms with Crippen molar-refractivity contribution in [2.24, 2.45) is 7.05 Å². The number of carboxylic acid groups (broad SMARTS) is 1. The van der Waals surface area contributed by atoms with E-state index in [1.807, 2.05) is 12.1 Å². The Kier molecular flexibility index (Phi) is 3.52. The van der Waals surface area contributed by atoms with Gasteiger partial charge in [-0.1, -0.05) is 11.6 Å².